The SMILES string of the molecule is Nc1ncc2c3c1c(-c1ccc(C(=O)Nc4ccccn4)cc1)nn3[C@@H]1CCC[C@H](C1)NC(=O)CCCCCCC=C2. The number of aromatic nitrogens is 4. The summed E-state index contributed by atoms with van der Waals surface area (Å²) in [5, 5.41) is 12.1. The van der Waals surface area contributed by atoms with Gasteiger partial charge in [0, 0.05) is 41.5 Å². The molecule has 0 saturated heterocycles. The van der Waals surface area contributed by atoms with E-state index in [1.807, 2.05) is 24.4 Å². The molecule has 2 bridgehead atoms. The molecule has 2 atom stereocenters. The van der Waals surface area contributed by atoms with E-state index in [1.165, 1.54) is 0 Å². The fourth-order valence-corrected chi connectivity index (χ4v) is 6.14. The van der Waals surface area contributed by atoms with Crippen molar-refractivity contribution in [3.05, 3.63) is 72.1 Å². The minimum absolute atomic E-state index is 0.116. The molecule has 0 radical (unpaired) electrons. The number of nitrogens with zero attached hydrogens (tertiary/aromatic N) is 4. The first-order chi connectivity index (χ1) is 20.6. The molecule has 1 aromatic carbocycles. The normalized spacial score (nSPS) is 19.8. The maximum atomic E-state index is 12.8. The van der Waals surface area contributed by atoms with Gasteiger partial charge in [-0.3, -0.25) is 14.3 Å². The monoisotopic (exact) mass is 563 g/mol. The molecule has 4 N–H and O–H groups in total. The van der Waals surface area contributed by atoms with E-state index in [9.17, 15) is 9.59 Å². The third kappa shape index (κ3) is 6.05. The summed E-state index contributed by atoms with van der Waals surface area (Å²) in [7, 11) is 0. The molecule has 2 amide bonds. The number of fused-ring (bicyclic) bond motifs is 3. The summed E-state index contributed by atoms with van der Waals surface area (Å²) < 4.78 is 2.12. The van der Waals surface area contributed by atoms with Crippen molar-refractivity contribution in [2.75, 3.05) is 11.1 Å². The zero-order chi connectivity index (χ0) is 28.9. The molecular formula is C33H37N7O2. The van der Waals surface area contributed by atoms with E-state index in [0.29, 0.717) is 23.6 Å². The third-order valence-corrected chi connectivity index (χ3v) is 8.29. The number of nitrogens with one attached hydrogen (secondary N) is 2. The van der Waals surface area contributed by atoms with E-state index in [4.69, 9.17) is 10.8 Å². The maximum absolute atomic E-state index is 12.8. The highest BCUT2D eigenvalue weighted by Gasteiger charge is 2.29. The second-order valence-corrected chi connectivity index (χ2v) is 11.3. The number of carbonyl (C=O) groups is 2. The number of benzene rings is 1. The van der Waals surface area contributed by atoms with Gasteiger partial charge in [0.2, 0.25) is 5.91 Å². The van der Waals surface area contributed by atoms with Crippen LogP contribution in [-0.4, -0.2) is 37.6 Å². The van der Waals surface area contributed by atoms with Crippen LogP contribution in [0.15, 0.2) is 60.9 Å². The van der Waals surface area contributed by atoms with Gasteiger partial charge in [0.15, 0.2) is 0 Å². The summed E-state index contributed by atoms with van der Waals surface area (Å²) >= 11 is 0. The van der Waals surface area contributed by atoms with Crippen molar-refractivity contribution in [2.45, 2.75) is 76.3 Å². The summed E-state index contributed by atoms with van der Waals surface area (Å²) in [5.74, 6) is 0.846. The van der Waals surface area contributed by atoms with Crippen molar-refractivity contribution in [2.24, 2.45) is 0 Å². The second kappa shape index (κ2) is 12.5. The number of allylic oxidation sites excluding steroid dienone is 1. The molecule has 1 saturated carbocycles. The van der Waals surface area contributed by atoms with Crippen LogP contribution in [0.2, 0.25) is 0 Å². The highest BCUT2D eigenvalue weighted by atomic mass is 16.2. The van der Waals surface area contributed by atoms with Crippen LogP contribution in [0, 0.1) is 0 Å². The summed E-state index contributed by atoms with van der Waals surface area (Å²) in [5.41, 5.74) is 10.6. The van der Waals surface area contributed by atoms with E-state index in [0.717, 1.165) is 85.5 Å². The van der Waals surface area contributed by atoms with E-state index in [1.54, 1.807) is 30.5 Å². The Kier molecular flexibility index (Phi) is 8.26. The molecule has 3 aromatic heterocycles. The first-order valence-corrected chi connectivity index (χ1v) is 15.0. The number of hydrogen-bond acceptors (Lipinski definition) is 6. The number of nitrogens with two attached hydrogens (primary N) is 1. The quantitative estimate of drug-likeness (QED) is 0.269. The zero-order valence-corrected chi connectivity index (χ0v) is 23.8. The molecule has 0 spiro atoms. The Morgan fingerprint density at radius 2 is 1.86 bits per heavy atom. The Labute approximate surface area is 245 Å². The van der Waals surface area contributed by atoms with Crippen LogP contribution in [0.5, 0.6) is 0 Å². The van der Waals surface area contributed by atoms with Gasteiger partial charge in [-0.2, -0.15) is 5.10 Å². The Balaban J connectivity index is 1.38. The molecule has 0 unspecified atom stereocenters. The largest absolute Gasteiger partial charge is 0.383 e. The predicted octanol–water partition coefficient (Wildman–Crippen LogP) is 6.30. The number of anilines is 2. The van der Waals surface area contributed by atoms with Gasteiger partial charge >= 0.3 is 0 Å². The first-order valence-electron chi connectivity index (χ1n) is 15.0. The van der Waals surface area contributed by atoms with Crippen molar-refractivity contribution in [3.63, 3.8) is 0 Å². The van der Waals surface area contributed by atoms with Crippen LogP contribution in [0.1, 0.15) is 86.2 Å². The van der Waals surface area contributed by atoms with Crippen molar-refractivity contribution < 1.29 is 9.59 Å². The van der Waals surface area contributed by atoms with Crippen LogP contribution in [-0.2, 0) is 4.79 Å². The maximum Gasteiger partial charge on any atom is 0.256 e. The molecule has 1 aliphatic carbocycles. The molecule has 2 aliphatic rings. The molecule has 6 rings (SSSR count). The Bertz CT molecular complexity index is 1590. The van der Waals surface area contributed by atoms with Crippen molar-refractivity contribution in [1.29, 1.82) is 0 Å². The fraction of sp³-hybridized carbons (Fsp3) is 0.364. The number of carbonyl (C=O) groups excluding carboxylic acids is 2. The lowest BCUT2D eigenvalue weighted by molar-refractivity contribution is -0.122. The second-order valence-electron chi connectivity index (χ2n) is 11.3. The molecule has 9 heteroatoms. The highest BCUT2D eigenvalue weighted by Crippen LogP contribution is 2.39. The molecule has 216 valence electrons. The third-order valence-electron chi connectivity index (χ3n) is 8.29. The van der Waals surface area contributed by atoms with Crippen LogP contribution >= 0.6 is 0 Å². The zero-order valence-electron chi connectivity index (χ0n) is 23.8. The number of pyridine rings is 2. The fourth-order valence-electron chi connectivity index (χ4n) is 6.14. The Morgan fingerprint density at radius 3 is 2.69 bits per heavy atom. The smallest absolute Gasteiger partial charge is 0.256 e. The molecule has 4 heterocycles. The van der Waals surface area contributed by atoms with Gasteiger partial charge in [-0.15, -0.1) is 0 Å². The van der Waals surface area contributed by atoms with Crippen LogP contribution < -0.4 is 16.4 Å². The minimum Gasteiger partial charge on any atom is -0.383 e. The minimum atomic E-state index is -0.233. The average molecular weight is 564 g/mol. The van der Waals surface area contributed by atoms with Crippen molar-refractivity contribution in [3.8, 4) is 11.3 Å². The Morgan fingerprint density at radius 1 is 1.00 bits per heavy atom. The van der Waals surface area contributed by atoms with Gasteiger partial charge in [0.05, 0.1) is 16.9 Å². The van der Waals surface area contributed by atoms with Crippen LogP contribution in [0.25, 0.3) is 28.2 Å². The summed E-state index contributed by atoms with van der Waals surface area (Å²) in [4.78, 5) is 34.2. The molecule has 1 fully saturated rings. The van der Waals surface area contributed by atoms with Crippen LogP contribution in [0.4, 0.5) is 11.6 Å². The number of hydrogen-bond donors (Lipinski definition) is 3. The molecule has 42 heavy (non-hydrogen) atoms. The van der Waals surface area contributed by atoms with Gasteiger partial charge in [0.1, 0.15) is 17.3 Å². The van der Waals surface area contributed by atoms with Gasteiger partial charge in [0.25, 0.3) is 5.91 Å². The van der Waals surface area contributed by atoms with Crippen molar-refractivity contribution >= 4 is 40.4 Å². The lowest BCUT2D eigenvalue weighted by atomic mass is 9.90. The predicted molar refractivity (Wildman–Crippen MR) is 166 cm³/mol. The first kappa shape index (κ1) is 27.6. The number of rotatable bonds is 3. The lowest BCUT2D eigenvalue weighted by Crippen LogP contribution is -2.39. The molecule has 1 aliphatic heterocycles. The van der Waals surface area contributed by atoms with Gasteiger partial charge in [-0.25, -0.2) is 9.97 Å². The van der Waals surface area contributed by atoms with E-state index in [-0.39, 0.29) is 23.9 Å². The van der Waals surface area contributed by atoms with Crippen LogP contribution in [0.3, 0.4) is 0 Å². The highest BCUT2D eigenvalue weighted by molar-refractivity contribution is 6.06. The van der Waals surface area contributed by atoms with E-state index >= 15 is 0 Å². The van der Waals surface area contributed by atoms with Crippen molar-refractivity contribution in [1.82, 2.24) is 25.1 Å². The average Bonchev–Trinajstić information content (AvgIpc) is 3.42. The standard InChI is InChI=1S/C33H37N7O2/c34-32-29-30(22-15-17-23(18-16-22)33(42)38-27-13-7-8-19-35-27)39-40-26-12-9-11-25(20-26)37-28(41)14-6-4-2-1-3-5-10-24(21-36-32)31(29)40/h5,7-8,10,13,15-19,21,25-26H,1-4,6,9,11-12,14,20H2,(H2,34,36)(H,37,41)(H,35,38,42)/t25-,26-/m1/s1. The summed E-state index contributed by atoms with van der Waals surface area (Å²) in [6, 6.07) is 13.0. The van der Waals surface area contributed by atoms with E-state index in [2.05, 4.69) is 37.4 Å². The number of amides is 2. The Hall–Kier alpha value is -4.53. The molecule has 4 aromatic rings. The van der Waals surface area contributed by atoms with Gasteiger partial charge < -0.3 is 16.4 Å². The van der Waals surface area contributed by atoms with Gasteiger partial charge in [-0.05, 0) is 69.2 Å². The van der Waals surface area contributed by atoms with E-state index < -0.39 is 0 Å². The molecular weight excluding hydrogens is 526 g/mol. The topological polar surface area (TPSA) is 128 Å². The van der Waals surface area contributed by atoms with Gasteiger partial charge in [-0.1, -0.05) is 43.2 Å². The summed E-state index contributed by atoms with van der Waals surface area (Å²) in [6.45, 7) is 0. The molecule has 9 nitrogen and oxygen atoms in total. The summed E-state index contributed by atoms with van der Waals surface area (Å²) in [6.07, 6.45) is 17.4. The lowest BCUT2D eigenvalue weighted by Gasteiger charge is -2.30. The number of nitrogen functional groups attached to an aromatic ring is 1.